The summed E-state index contributed by atoms with van der Waals surface area (Å²) < 4.78 is 32.6. The molecule has 124 valence electrons. The summed E-state index contributed by atoms with van der Waals surface area (Å²) in [6.45, 7) is 5.32. The van der Waals surface area contributed by atoms with Crippen molar-refractivity contribution in [2.45, 2.75) is 25.7 Å². The molecule has 2 aromatic rings. The zero-order valence-electron chi connectivity index (χ0n) is 12.9. The molecule has 0 atom stereocenters. The molecule has 7 nitrogen and oxygen atoms in total. The largest absolute Gasteiger partial charge is 0.492 e. The van der Waals surface area contributed by atoms with Gasteiger partial charge in [-0.25, -0.2) is 13.4 Å². The van der Waals surface area contributed by atoms with E-state index in [9.17, 15) is 13.2 Å². The number of ether oxygens (including phenoxy) is 1. The highest BCUT2D eigenvalue weighted by Gasteiger charge is 2.18. The second-order valence-corrected chi connectivity index (χ2v) is 7.21. The molecule has 0 fully saturated rings. The number of carbonyl (C=O) groups excluding carboxylic acids is 1. The van der Waals surface area contributed by atoms with Gasteiger partial charge in [-0.2, -0.15) is 0 Å². The van der Waals surface area contributed by atoms with Gasteiger partial charge in [-0.1, -0.05) is 0 Å². The number of amides is 1. The van der Waals surface area contributed by atoms with Gasteiger partial charge in [0.15, 0.2) is 5.13 Å². The Labute approximate surface area is 138 Å². The molecular weight excluding hydrogens is 338 g/mol. The van der Waals surface area contributed by atoms with Gasteiger partial charge in [-0.15, -0.1) is 11.3 Å². The molecule has 2 N–H and O–H groups in total. The molecule has 1 aromatic heterocycles. The quantitative estimate of drug-likeness (QED) is 0.830. The van der Waals surface area contributed by atoms with E-state index in [4.69, 9.17) is 4.74 Å². The van der Waals surface area contributed by atoms with Crippen LogP contribution >= 0.6 is 11.3 Å². The summed E-state index contributed by atoms with van der Waals surface area (Å²) >= 11 is 1.20. The van der Waals surface area contributed by atoms with Crippen molar-refractivity contribution in [2.24, 2.45) is 0 Å². The van der Waals surface area contributed by atoms with Crippen molar-refractivity contribution < 1.29 is 17.9 Å². The number of aromatic nitrogens is 1. The Bertz CT molecular complexity index is 815. The number of aryl methyl sites for hydroxylation is 1. The number of carbonyl (C=O) groups is 1. The molecule has 1 heterocycles. The van der Waals surface area contributed by atoms with E-state index in [0.29, 0.717) is 18.0 Å². The monoisotopic (exact) mass is 355 g/mol. The minimum atomic E-state index is -3.80. The summed E-state index contributed by atoms with van der Waals surface area (Å²) in [7, 11) is -3.80. The van der Waals surface area contributed by atoms with Gasteiger partial charge < -0.3 is 10.1 Å². The molecule has 0 unspecified atom stereocenters. The molecule has 2 rings (SSSR count). The summed E-state index contributed by atoms with van der Waals surface area (Å²) in [6.07, 6.45) is 0. The fourth-order valence-corrected chi connectivity index (χ4v) is 3.79. The van der Waals surface area contributed by atoms with Crippen molar-refractivity contribution in [1.82, 2.24) is 4.98 Å². The number of benzene rings is 1. The Kier molecular flexibility index (Phi) is 5.22. The van der Waals surface area contributed by atoms with Crippen molar-refractivity contribution in [3.63, 3.8) is 0 Å². The van der Waals surface area contributed by atoms with Crippen LogP contribution in [0, 0.1) is 6.92 Å². The third-order valence-electron chi connectivity index (χ3n) is 2.71. The van der Waals surface area contributed by atoms with E-state index in [2.05, 4.69) is 15.0 Å². The standard InChI is InChI=1S/C14H17N3O4S2/c1-4-21-13-6-5-11(7-12(13)16-10(3)18)23(19,20)17-14-15-9(2)8-22-14/h5-8H,4H2,1-3H3,(H,15,17)(H,16,18). The topological polar surface area (TPSA) is 97.4 Å². The second kappa shape index (κ2) is 6.97. The SMILES string of the molecule is CCOc1ccc(S(=O)(=O)Nc2nc(C)cs2)cc1NC(C)=O. The highest BCUT2D eigenvalue weighted by Crippen LogP contribution is 2.29. The predicted molar refractivity (Wildman–Crippen MR) is 89.6 cm³/mol. The molecule has 1 aromatic carbocycles. The number of nitrogens with one attached hydrogen (secondary N) is 2. The van der Waals surface area contributed by atoms with Gasteiger partial charge in [-0.05, 0) is 32.0 Å². The maximum Gasteiger partial charge on any atom is 0.263 e. The Morgan fingerprint density at radius 2 is 2.13 bits per heavy atom. The van der Waals surface area contributed by atoms with Crippen LogP contribution in [0.1, 0.15) is 19.5 Å². The third kappa shape index (κ3) is 4.42. The van der Waals surface area contributed by atoms with Gasteiger partial charge in [0.1, 0.15) is 5.75 Å². The summed E-state index contributed by atoms with van der Waals surface area (Å²) in [5, 5.41) is 4.61. The van der Waals surface area contributed by atoms with Gasteiger partial charge in [0, 0.05) is 12.3 Å². The van der Waals surface area contributed by atoms with Crippen LogP contribution in [0.3, 0.4) is 0 Å². The highest BCUT2D eigenvalue weighted by molar-refractivity contribution is 7.93. The smallest absolute Gasteiger partial charge is 0.263 e. The van der Waals surface area contributed by atoms with E-state index < -0.39 is 10.0 Å². The average molecular weight is 355 g/mol. The van der Waals surface area contributed by atoms with Gasteiger partial charge in [0.05, 0.1) is 22.9 Å². The van der Waals surface area contributed by atoms with Crippen LogP contribution in [0.15, 0.2) is 28.5 Å². The Hall–Kier alpha value is -2.13. The minimum Gasteiger partial charge on any atom is -0.492 e. The van der Waals surface area contributed by atoms with Gasteiger partial charge >= 0.3 is 0 Å². The molecule has 0 spiro atoms. The van der Waals surface area contributed by atoms with Gasteiger partial charge in [-0.3, -0.25) is 9.52 Å². The number of nitrogens with zero attached hydrogens (tertiary/aromatic N) is 1. The van der Waals surface area contributed by atoms with E-state index in [0.717, 1.165) is 5.69 Å². The minimum absolute atomic E-state index is 0.0116. The lowest BCUT2D eigenvalue weighted by Crippen LogP contribution is -2.14. The first-order valence-corrected chi connectivity index (χ1v) is 9.17. The lowest BCUT2D eigenvalue weighted by Gasteiger charge is -2.13. The van der Waals surface area contributed by atoms with Crippen LogP contribution < -0.4 is 14.8 Å². The Morgan fingerprint density at radius 1 is 1.39 bits per heavy atom. The van der Waals surface area contributed by atoms with Crippen LogP contribution in [-0.2, 0) is 14.8 Å². The number of hydrogen-bond donors (Lipinski definition) is 2. The van der Waals surface area contributed by atoms with Crippen LogP contribution in [0.2, 0.25) is 0 Å². The molecule has 0 saturated heterocycles. The first kappa shape index (κ1) is 17.2. The van der Waals surface area contributed by atoms with Crippen molar-refractivity contribution >= 4 is 38.1 Å². The summed E-state index contributed by atoms with van der Waals surface area (Å²) in [5.74, 6) is 0.0933. The first-order chi connectivity index (χ1) is 10.8. The van der Waals surface area contributed by atoms with Crippen molar-refractivity contribution in [3.05, 3.63) is 29.3 Å². The van der Waals surface area contributed by atoms with Crippen LogP contribution in [0.4, 0.5) is 10.8 Å². The number of anilines is 2. The van der Waals surface area contributed by atoms with E-state index in [1.807, 2.05) is 0 Å². The molecule has 9 heteroatoms. The molecule has 0 aliphatic heterocycles. The van der Waals surface area contributed by atoms with Crippen LogP contribution in [-0.4, -0.2) is 25.9 Å². The second-order valence-electron chi connectivity index (χ2n) is 4.67. The summed E-state index contributed by atoms with van der Waals surface area (Å²) in [6, 6.07) is 4.28. The summed E-state index contributed by atoms with van der Waals surface area (Å²) in [4.78, 5) is 15.4. The molecule has 0 aliphatic rings. The normalized spacial score (nSPS) is 11.1. The van der Waals surface area contributed by atoms with E-state index in [1.165, 1.54) is 36.5 Å². The lowest BCUT2D eigenvalue weighted by atomic mass is 10.3. The van der Waals surface area contributed by atoms with E-state index >= 15 is 0 Å². The predicted octanol–water partition coefficient (Wildman–Crippen LogP) is 2.61. The van der Waals surface area contributed by atoms with Crippen molar-refractivity contribution in [2.75, 3.05) is 16.6 Å². The molecule has 0 radical (unpaired) electrons. The summed E-state index contributed by atoms with van der Waals surface area (Å²) in [5.41, 5.74) is 1.04. The fraction of sp³-hybridized carbons (Fsp3) is 0.286. The van der Waals surface area contributed by atoms with Crippen LogP contribution in [0.25, 0.3) is 0 Å². The number of thiazole rings is 1. The number of hydrogen-bond acceptors (Lipinski definition) is 6. The maximum atomic E-state index is 12.4. The molecule has 23 heavy (non-hydrogen) atoms. The lowest BCUT2D eigenvalue weighted by molar-refractivity contribution is -0.114. The van der Waals surface area contributed by atoms with Crippen molar-refractivity contribution in [3.8, 4) is 5.75 Å². The highest BCUT2D eigenvalue weighted by atomic mass is 32.2. The zero-order chi connectivity index (χ0) is 17.0. The van der Waals surface area contributed by atoms with Gasteiger partial charge in [0.25, 0.3) is 10.0 Å². The Balaban J connectivity index is 2.35. The molecular formula is C14H17N3O4S2. The molecule has 1 amide bonds. The van der Waals surface area contributed by atoms with Gasteiger partial charge in [0.2, 0.25) is 5.91 Å². The fourth-order valence-electron chi connectivity index (χ4n) is 1.82. The molecule has 0 saturated carbocycles. The average Bonchev–Trinajstić information content (AvgIpc) is 2.84. The molecule has 0 bridgehead atoms. The first-order valence-electron chi connectivity index (χ1n) is 6.81. The van der Waals surface area contributed by atoms with Crippen LogP contribution in [0.5, 0.6) is 5.75 Å². The number of sulfonamides is 1. The Morgan fingerprint density at radius 3 is 2.70 bits per heavy atom. The zero-order valence-corrected chi connectivity index (χ0v) is 14.5. The number of rotatable bonds is 6. The third-order valence-corrected chi connectivity index (χ3v) is 5.05. The van der Waals surface area contributed by atoms with Crippen molar-refractivity contribution in [1.29, 1.82) is 0 Å². The molecule has 0 aliphatic carbocycles. The maximum absolute atomic E-state index is 12.4. The van der Waals surface area contributed by atoms with E-state index in [-0.39, 0.29) is 15.9 Å². The van der Waals surface area contributed by atoms with E-state index in [1.54, 1.807) is 19.2 Å².